The molecular weight excluding hydrogens is 116 g/mol. The summed E-state index contributed by atoms with van der Waals surface area (Å²) in [6.07, 6.45) is 5.46. The summed E-state index contributed by atoms with van der Waals surface area (Å²) in [5.74, 6) is 0. The largest absolute Gasteiger partial charge is 0.389 e. The topological polar surface area (TPSA) is 29.5 Å². The standard InChI is InChI=1S/C7H12O2/c1-9-7-4-2-6(8)3-5-7/h2,4,6-8H,3,5H2,1H3. The molecule has 0 aliphatic heterocycles. The summed E-state index contributed by atoms with van der Waals surface area (Å²) in [4.78, 5) is 0. The van der Waals surface area contributed by atoms with Crippen LogP contribution in [0.3, 0.4) is 0 Å². The van der Waals surface area contributed by atoms with E-state index in [1.807, 2.05) is 6.08 Å². The summed E-state index contributed by atoms with van der Waals surface area (Å²) in [5, 5.41) is 8.98. The molecule has 2 unspecified atom stereocenters. The van der Waals surface area contributed by atoms with Crippen LogP contribution in [-0.4, -0.2) is 24.4 Å². The summed E-state index contributed by atoms with van der Waals surface area (Å²) in [5.41, 5.74) is 0. The van der Waals surface area contributed by atoms with E-state index in [1.54, 1.807) is 13.2 Å². The normalized spacial score (nSPS) is 34.9. The summed E-state index contributed by atoms with van der Waals surface area (Å²) in [7, 11) is 1.69. The van der Waals surface area contributed by atoms with Gasteiger partial charge >= 0.3 is 0 Å². The maximum Gasteiger partial charge on any atom is 0.0754 e. The van der Waals surface area contributed by atoms with Crippen molar-refractivity contribution < 1.29 is 9.84 Å². The zero-order valence-electron chi connectivity index (χ0n) is 5.58. The quantitative estimate of drug-likeness (QED) is 0.527. The summed E-state index contributed by atoms with van der Waals surface area (Å²) < 4.78 is 5.04. The van der Waals surface area contributed by atoms with E-state index >= 15 is 0 Å². The summed E-state index contributed by atoms with van der Waals surface area (Å²) in [6.45, 7) is 0. The summed E-state index contributed by atoms with van der Waals surface area (Å²) in [6, 6.07) is 0. The lowest BCUT2D eigenvalue weighted by Crippen LogP contribution is -2.17. The van der Waals surface area contributed by atoms with Gasteiger partial charge in [0.25, 0.3) is 0 Å². The molecule has 2 atom stereocenters. The van der Waals surface area contributed by atoms with Gasteiger partial charge < -0.3 is 9.84 Å². The number of ether oxygens (including phenoxy) is 1. The average molecular weight is 128 g/mol. The highest BCUT2D eigenvalue weighted by Gasteiger charge is 2.11. The van der Waals surface area contributed by atoms with Crippen molar-refractivity contribution >= 4 is 0 Å². The van der Waals surface area contributed by atoms with Crippen LogP contribution in [0.25, 0.3) is 0 Å². The van der Waals surface area contributed by atoms with E-state index in [0.29, 0.717) is 0 Å². The van der Waals surface area contributed by atoms with Crippen LogP contribution in [0.1, 0.15) is 12.8 Å². The molecule has 1 aliphatic carbocycles. The van der Waals surface area contributed by atoms with E-state index in [-0.39, 0.29) is 12.2 Å². The van der Waals surface area contributed by atoms with Crippen LogP contribution < -0.4 is 0 Å². The number of aliphatic hydroxyl groups is 1. The average Bonchev–Trinajstić information content (AvgIpc) is 1.90. The second kappa shape index (κ2) is 2.99. The molecule has 0 saturated carbocycles. The first kappa shape index (κ1) is 6.78. The smallest absolute Gasteiger partial charge is 0.0754 e. The van der Waals surface area contributed by atoms with Gasteiger partial charge in [-0.15, -0.1) is 0 Å². The molecule has 0 aromatic carbocycles. The monoisotopic (exact) mass is 128 g/mol. The maximum atomic E-state index is 8.98. The van der Waals surface area contributed by atoms with Gasteiger partial charge in [0, 0.05) is 7.11 Å². The van der Waals surface area contributed by atoms with Crippen LogP contribution >= 0.6 is 0 Å². The Morgan fingerprint density at radius 1 is 1.44 bits per heavy atom. The van der Waals surface area contributed by atoms with E-state index in [2.05, 4.69) is 0 Å². The minimum Gasteiger partial charge on any atom is -0.389 e. The fraction of sp³-hybridized carbons (Fsp3) is 0.714. The van der Waals surface area contributed by atoms with Gasteiger partial charge in [0.2, 0.25) is 0 Å². The second-order valence-electron chi connectivity index (χ2n) is 2.30. The highest BCUT2D eigenvalue weighted by molar-refractivity contribution is 4.99. The van der Waals surface area contributed by atoms with Crippen LogP contribution in [0.5, 0.6) is 0 Å². The van der Waals surface area contributed by atoms with E-state index in [4.69, 9.17) is 9.84 Å². The Morgan fingerprint density at radius 3 is 2.67 bits per heavy atom. The van der Waals surface area contributed by atoms with Crippen molar-refractivity contribution in [3.05, 3.63) is 12.2 Å². The predicted octanol–water partition coefficient (Wildman–Crippen LogP) is 0.712. The molecule has 0 aromatic heterocycles. The first-order valence-electron chi connectivity index (χ1n) is 3.22. The van der Waals surface area contributed by atoms with E-state index in [9.17, 15) is 0 Å². The lowest BCUT2D eigenvalue weighted by atomic mass is 10.0. The van der Waals surface area contributed by atoms with Crippen molar-refractivity contribution in [2.24, 2.45) is 0 Å². The highest BCUT2D eigenvalue weighted by Crippen LogP contribution is 2.12. The Balaban J connectivity index is 2.38. The van der Waals surface area contributed by atoms with Gasteiger partial charge in [-0.05, 0) is 12.8 Å². The minimum atomic E-state index is -0.239. The van der Waals surface area contributed by atoms with Crippen LogP contribution in [-0.2, 0) is 4.74 Å². The van der Waals surface area contributed by atoms with E-state index in [1.165, 1.54) is 0 Å². The Kier molecular flexibility index (Phi) is 2.25. The molecule has 2 heteroatoms. The molecule has 0 heterocycles. The Labute approximate surface area is 55.1 Å². The second-order valence-corrected chi connectivity index (χ2v) is 2.30. The molecule has 0 spiro atoms. The molecule has 0 fully saturated rings. The molecule has 2 nitrogen and oxygen atoms in total. The molecule has 9 heavy (non-hydrogen) atoms. The molecule has 0 amide bonds. The third-order valence-corrected chi connectivity index (χ3v) is 1.60. The lowest BCUT2D eigenvalue weighted by Gasteiger charge is -2.17. The molecule has 1 rings (SSSR count). The van der Waals surface area contributed by atoms with Crippen molar-refractivity contribution in [3.8, 4) is 0 Å². The van der Waals surface area contributed by atoms with Crippen molar-refractivity contribution in [2.45, 2.75) is 25.0 Å². The first-order chi connectivity index (χ1) is 4.33. The number of rotatable bonds is 1. The number of hydrogen-bond acceptors (Lipinski definition) is 2. The maximum absolute atomic E-state index is 8.98. The molecule has 0 bridgehead atoms. The van der Waals surface area contributed by atoms with Gasteiger partial charge in [0.1, 0.15) is 0 Å². The molecule has 1 aliphatic rings. The van der Waals surface area contributed by atoms with E-state index in [0.717, 1.165) is 12.8 Å². The minimum absolute atomic E-state index is 0.230. The summed E-state index contributed by atoms with van der Waals surface area (Å²) >= 11 is 0. The van der Waals surface area contributed by atoms with E-state index < -0.39 is 0 Å². The van der Waals surface area contributed by atoms with Crippen molar-refractivity contribution in [2.75, 3.05) is 7.11 Å². The molecule has 0 saturated heterocycles. The van der Waals surface area contributed by atoms with Crippen LogP contribution in [0.4, 0.5) is 0 Å². The molecular formula is C7H12O2. The Bertz CT molecular complexity index is 109. The lowest BCUT2D eigenvalue weighted by molar-refractivity contribution is 0.102. The molecule has 0 aromatic rings. The zero-order chi connectivity index (χ0) is 6.69. The Hall–Kier alpha value is -0.340. The Morgan fingerprint density at radius 2 is 2.22 bits per heavy atom. The number of aliphatic hydroxyl groups excluding tert-OH is 1. The fourth-order valence-corrected chi connectivity index (χ4v) is 0.976. The zero-order valence-corrected chi connectivity index (χ0v) is 5.58. The van der Waals surface area contributed by atoms with Gasteiger partial charge in [-0.3, -0.25) is 0 Å². The third-order valence-electron chi connectivity index (χ3n) is 1.60. The van der Waals surface area contributed by atoms with Crippen molar-refractivity contribution in [1.29, 1.82) is 0 Å². The number of methoxy groups -OCH3 is 1. The van der Waals surface area contributed by atoms with Gasteiger partial charge in [-0.2, -0.15) is 0 Å². The van der Waals surface area contributed by atoms with Crippen molar-refractivity contribution in [1.82, 2.24) is 0 Å². The van der Waals surface area contributed by atoms with Crippen LogP contribution in [0.15, 0.2) is 12.2 Å². The highest BCUT2D eigenvalue weighted by atomic mass is 16.5. The van der Waals surface area contributed by atoms with Gasteiger partial charge in [0.05, 0.1) is 12.2 Å². The van der Waals surface area contributed by atoms with Gasteiger partial charge in [-0.1, -0.05) is 12.2 Å². The molecule has 0 radical (unpaired) electrons. The molecule has 1 N–H and O–H groups in total. The fourth-order valence-electron chi connectivity index (χ4n) is 0.976. The van der Waals surface area contributed by atoms with Crippen LogP contribution in [0.2, 0.25) is 0 Å². The van der Waals surface area contributed by atoms with Gasteiger partial charge in [0.15, 0.2) is 0 Å². The third kappa shape index (κ3) is 1.80. The van der Waals surface area contributed by atoms with Crippen LogP contribution in [0, 0.1) is 0 Å². The predicted molar refractivity (Wildman–Crippen MR) is 35.2 cm³/mol. The molecule has 52 valence electrons. The van der Waals surface area contributed by atoms with Crippen molar-refractivity contribution in [3.63, 3.8) is 0 Å². The van der Waals surface area contributed by atoms with Gasteiger partial charge in [-0.25, -0.2) is 0 Å². The first-order valence-corrected chi connectivity index (χ1v) is 3.22. The SMILES string of the molecule is COC1C=CC(O)CC1. The number of hydrogen-bond donors (Lipinski definition) is 1.